The van der Waals surface area contributed by atoms with E-state index in [9.17, 15) is 0 Å². The molecule has 5 heteroatoms. The maximum absolute atomic E-state index is 5.53. The fraction of sp³-hybridized carbons (Fsp3) is 0.286. The van der Waals surface area contributed by atoms with Crippen LogP contribution in [0.3, 0.4) is 0 Å². The zero-order chi connectivity index (χ0) is 8.81. The van der Waals surface area contributed by atoms with Gasteiger partial charge in [-0.15, -0.1) is 10.2 Å². The second-order valence-electron chi connectivity index (χ2n) is 2.07. The Morgan fingerprint density at radius 3 is 3.00 bits per heavy atom. The van der Waals surface area contributed by atoms with E-state index in [-0.39, 0.29) is 0 Å². The molecule has 0 atom stereocenters. The summed E-state index contributed by atoms with van der Waals surface area (Å²) >= 11 is 5.53. The lowest BCUT2D eigenvalue weighted by atomic mass is 10.5. The normalized spacial score (nSPS) is 10.5. The zero-order valence-electron chi connectivity index (χ0n) is 6.66. The molecule has 12 heavy (non-hydrogen) atoms. The van der Waals surface area contributed by atoms with Crippen molar-refractivity contribution in [2.45, 2.75) is 13.3 Å². The van der Waals surface area contributed by atoms with Gasteiger partial charge in [-0.05, 0) is 18.6 Å². The van der Waals surface area contributed by atoms with Crippen LogP contribution >= 0.6 is 11.6 Å². The summed E-state index contributed by atoms with van der Waals surface area (Å²) in [6.45, 7) is 2.00. The van der Waals surface area contributed by atoms with Gasteiger partial charge in [-0.2, -0.15) is 5.10 Å². The van der Waals surface area contributed by atoms with Gasteiger partial charge in [0.15, 0.2) is 11.0 Å². The van der Waals surface area contributed by atoms with Gasteiger partial charge in [0.05, 0.1) is 0 Å². The van der Waals surface area contributed by atoms with E-state index in [4.69, 9.17) is 11.6 Å². The standard InChI is InChI=1S/C7H9ClN4/c1-2-5-9-11-7-4-3-6(8)10-12-7/h3-5H,2H2,1H3,(H,11,12)/b9-5+. The van der Waals surface area contributed by atoms with Gasteiger partial charge in [-0.1, -0.05) is 18.5 Å². The van der Waals surface area contributed by atoms with Crippen LogP contribution in [0.4, 0.5) is 5.82 Å². The van der Waals surface area contributed by atoms with Gasteiger partial charge < -0.3 is 0 Å². The van der Waals surface area contributed by atoms with E-state index < -0.39 is 0 Å². The van der Waals surface area contributed by atoms with Crippen molar-refractivity contribution in [2.75, 3.05) is 5.43 Å². The second kappa shape index (κ2) is 4.66. The number of hydrazone groups is 1. The van der Waals surface area contributed by atoms with Gasteiger partial charge in [0.2, 0.25) is 0 Å². The van der Waals surface area contributed by atoms with Crippen LogP contribution in [-0.2, 0) is 0 Å². The number of halogens is 1. The Morgan fingerprint density at radius 1 is 1.58 bits per heavy atom. The molecule has 1 N–H and O–H groups in total. The van der Waals surface area contributed by atoms with E-state index >= 15 is 0 Å². The molecular weight excluding hydrogens is 176 g/mol. The quantitative estimate of drug-likeness (QED) is 0.577. The van der Waals surface area contributed by atoms with Crippen LogP contribution in [0, 0.1) is 0 Å². The highest BCUT2D eigenvalue weighted by Gasteiger charge is 1.91. The molecule has 64 valence electrons. The van der Waals surface area contributed by atoms with Gasteiger partial charge in [0, 0.05) is 6.21 Å². The highest BCUT2D eigenvalue weighted by atomic mass is 35.5. The first kappa shape index (κ1) is 8.93. The minimum Gasteiger partial charge on any atom is -0.260 e. The first-order valence-corrected chi connectivity index (χ1v) is 3.97. The molecule has 1 aromatic heterocycles. The van der Waals surface area contributed by atoms with Crippen LogP contribution < -0.4 is 5.43 Å². The first-order valence-electron chi connectivity index (χ1n) is 3.59. The van der Waals surface area contributed by atoms with Crippen LogP contribution in [0.15, 0.2) is 17.2 Å². The molecule has 0 spiro atoms. The van der Waals surface area contributed by atoms with E-state index in [2.05, 4.69) is 20.7 Å². The van der Waals surface area contributed by atoms with Crippen LogP contribution in [0.5, 0.6) is 0 Å². The topological polar surface area (TPSA) is 50.2 Å². The Morgan fingerprint density at radius 2 is 2.42 bits per heavy atom. The average Bonchev–Trinajstić information content (AvgIpc) is 2.09. The minimum atomic E-state index is 0.375. The van der Waals surface area contributed by atoms with Gasteiger partial charge in [-0.25, -0.2) is 0 Å². The Bertz CT molecular complexity index is 257. The molecule has 0 fully saturated rings. The summed E-state index contributed by atoms with van der Waals surface area (Å²) in [7, 11) is 0. The maximum atomic E-state index is 5.53. The number of aromatic nitrogens is 2. The molecule has 0 aromatic carbocycles. The molecule has 0 aliphatic heterocycles. The fourth-order valence-corrected chi connectivity index (χ4v) is 0.679. The van der Waals surface area contributed by atoms with Crippen molar-refractivity contribution in [3.63, 3.8) is 0 Å². The van der Waals surface area contributed by atoms with E-state index in [0.29, 0.717) is 11.0 Å². The van der Waals surface area contributed by atoms with Crippen molar-refractivity contribution in [1.29, 1.82) is 0 Å². The highest BCUT2D eigenvalue weighted by molar-refractivity contribution is 6.29. The average molecular weight is 185 g/mol. The number of anilines is 1. The van der Waals surface area contributed by atoms with E-state index in [1.165, 1.54) is 0 Å². The largest absolute Gasteiger partial charge is 0.260 e. The minimum absolute atomic E-state index is 0.375. The molecule has 1 aromatic rings. The molecule has 4 nitrogen and oxygen atoms in total. The molecule has 0 aliphatic rings. The van der Waals surface area contributed by atoms with Crippen molar-refractivity contribution in [3.8, 4) is 0 Å². The number of nitrogens with one attached hydrogen (secondary N) is 1. The molecule has 0 amide bonds. The predicted molar refractivity (Wildman–Crippen MR) is 49.4 cm³/mol. The third-order valence-electron chi connectivity index (χ3n) is 1.08. The van der Waals surface area contributed by atoms with Crippen molar-refractivity contribution >= 4 is 23.6 Å². The summed E-state index contributed by atoms with van der Waals surface area (Å²) in [4.78, 5) is 0. The maximum Gasteiger partial charge on any atom is 0.168 e. The molecule has 0 aliphatic carbocycles. The van der Waals surface area contributed by atoms with E-state index in [1.807, 2.05) is 6.92 Å². The number of rotatable bonds is 3. The summed E-state index contributed by atoms with van der Waals surface area (Å²) in [6, 6.07) is 3.36. The van der Waals surface area contributed by atoms with Crippen molar-refractivity contribution in [3.05, 3.63) is 17.3 Å². The second-order valence-corrected chi connectivity index (χ2v) is 2.46. The lowest BCUT2D eigenvalue weighted by Crippen LogP contribution is -1.93. The van der Waals surface area contributed by atoms with Gasteiger partial charge in [0.1, 0.15) is 0 Å². The molecule has 0 radical (unpaired) electrons. The van der Waals surface area contributed by atoms with Crippen molar-refractivity contribution in [1.82, 2.24) is 10.2 Å². The Labute approximate surface area is 75.7 Å². The molecule has 0 bridgehead atoms. The van der Waals surface area contributed by atoms with Gasteiger partial charge in [-0.3, -0.25) is 5.43 Å². The summed E-state index contributed by atoms with van der Waals surface area (Å²) in [5, 5.41) is 11.6. The van der Waals surface area contributed by atoms with E-state index in [1.54, 1.807) is 18.3 Å². The lowest BCUT2D eigenvalue weighted by molar-refractivity contribution is 1.02. The summed E-state index contributed by atoms with van der Waals surface area (Å²) in [5.41, 5.74) is 2.71. The molecule has 0 saturated heterocycles. The van der Waals surface area contributed by atoms with Gasteiger partial charge in [0.25, 0.3) is 0 Å². The number of hydrogen-bond acceptors (Lipinski definition) is 4. The van der Waals surface area contributed by atoms with Gasteiger partial charge >= 0.3 is 0 Å². The SMILES string of the molecule is CC/C=N/Nc1ccc(Cl)nn1. The summed E-state index contributed by atoms with van der Waals surface area (Å²) in [6.07, 6.45) is 2.63. The summed E-state index contributed by atoms with van der Waals surface area (Å²) < 4.78 is 0. The zero-order valence-corrected chi connectivity index (χ0v) is 7.41. The molecule has 1 heterocycles. The Balaban J connectivity index is 2.53. The monoisotopic (exact) mass is 184 g/mol. The molecule has 1 rings (SSSR count). The smallest absolute Gasteiger partial charge is 0.168 e. The number of nitrogens with zero attached hydrogens (tertiary/aromatic N) is 3. The number of hydrogen-bond donors (Lipinski definition) is 1. The molecule has 0 saturated carbocycles. The van der Waals surface area contributed by atoms with Crippen molar-refractivity contribution in [2.24, 2.45) is 5.10 Å². The first-order chi connectivity index (χ1) is 5.83. The van der Waals surface area contributed by atoms with Crippen LogP contribution in [0.25, 0.3) is 0 Å². The van der Waals surface area contributed by atoms with E-state index in [0.717, 1.165) is 6.42 Å². The lowest BCUT2D eigenvalue weighted by Gasteiger charge is -1.95. The Kier molecular flexibility index (Phi) is 3.47. The predicted octanol–water partition coefficient (Wildman–Crippen LogP) is 1.94. The highest BCUT2D eigenvalue weighted by Crippen LogP contribution is 2.05. The van der Waals surface area contributed by atoms with Crippen LogP contribution in [0.1, 0.15) is 13.3 Å². The van der Waals surface area contributed by atoms with Crippen molar-refractivity contribution < 1.29 is 0 Å². The van der Waals surface area contributed by atoms with Crippen LogP contribution in [0.2, 0.25) is 5.15 Å². The third kappa shape index (κ3) is 2.84. The molecular formula is C7H9ClN4. The Hall–Kier alpha value is -1.16. The fourth-order valence-electron chi connectivity index (χ4n) is 0.579. The third-order valence-corrected chi connectivity index (χ3v) is 1.29. The summed E-state index contributed by atoms with van der Waals surface area (Å²) in [5.74, 6) is 0.587. The van der Waals surface area contributed by atoms with Crippen LogP contribution in [-0.4, -0.2) is 16.4 Å². The molecule has 0 unspecified atom stereocenters.